The van der Waals surface area contributed by atoms with E-state index in [0.29, 0.717) is 23.4 Å². The molecular formula is C11H12ClFN2. The number of hydrazine groups is 1. The molecule has 0 fully saturated rings. The molecule has 0 aliphatic heterocycles. The third-order valence-electron chi connectivity index (χ3n) is 2.11. The number of halogens is 2. The fourth-order valence-electron chi connectivity index (χ4n) is 1.34. The van der Waals surface area contributed by atoms with Gasteiger partial charge in [-0.05, 0) is 24.6 Å². The molecule has 1 atom stereocenters. The molecule has 1 aromatic rings. The third kappa shape index (κ3) is 3.21. The normalized spacial score (nSPS) is 12.1. The van der Waals surface area contributed by atoms with Gasteiger partial charge in [-0.3, -0.25) is 11.3 Å². The molecule has 1 unspecified atom stereocenters. The standard InChI is InChI=1S/C11H12ClFN2/c1-2-3-4-11(15-14)9-7-8(12)5-6-10(9)13/h1,5-7,11,15H,3-4,14H2. The topological polar surface area (TPSA) is 38.0 Å². The van der Waals surface area contributed by atoms with E-state index in [1.165, 1.54) is 12.1 Å². The number of terminal acetylenes is 1. The number of hydrogen-bond donors (Lipinski definition) is 2. The van der Waals surface area contributed by atoms with Crippen LogP contribution in [0.2, 0.25) is 5.02 Å². The molecule has 0 saturated carbocycles. The van der Waals surface area contributed by atoms with Gasteiger partial charge in [-0.25, -0.2) is 4.39 Å². The van der Waals surface area contributed by atoms with E-state index in [1.807, 2.05) is 0 Å². The molecule has 4 heteroatoms. The first-order chi connectivity index (χ1) is 7.19. The molecule has 0 saturated heterocycles. The van der Waals surface area contributed by atoms with Gasteiger partial charge in [-0.15, -0.1) is 12.3 Å². The van der Waals surface area contributed by atoms with Crippen molar-refractivity contribution in [2.75, 3.05) is 0 Å². The van der Waals surface area contributed by atoms with E-state index in [0.717, 1.165) is 0 Å². The van der Waals surface area contributed by atoms with Gasteiger partial charge in [0.2, 0.25) is 0 Å². The zero-order chi connectivity index (χ0) is 11.3. The van der Waals surface area contributed by atoms with Crippen LogP contribution in [0.4, 0.5) is 4.39 Å². The summed E-state index contributed by atoms with van der Waals surface area (Å²) in [6.07, 6.45) is 6.24. The Morgan fingerprint density at radius 2 is 2.33 bits per heavy atom. The lowest BCUT2D eigenvalue weighted by atomic mass is 10.0. The van der Waals surface area contributed by atoms with Gasteiger partial charge in [0, 0.05) is 23.0 Å². The second-order valence-corrected chi connectivity index (χ2v) is 3.56. The Hall–Kier alpha value is -1.08. The Morgan fingerprint density at radius 1 is 1.60 bits per heavy atom. The second kappa shape index (κ2) is 5.72. The van der Waals surface area contributed by atoms with Gasteiger partial charge in [0.25, 0.3) is 0 Å². The summed E-state index contributed by atoms with van der Waals surface area (Å²) in [6, 6.07) is 4.06. The zero-order valence-corrected chi connectivity index (χ0v) is 8.89. The molecule has 15 heavy (non-hydrogen) atoms. The van der Waals surface area contributed by atoms with Gasteiger partial charge in [0.05, 0.1) is 0 Å². The number of hydrogen-bond acceptors (Lipinski definition) is 2. The monoisotopic (exact) mass is 226 g/mol. The lowest BCUT2D eigenvalue weighted by Crippen LogP contribution is -2.28. The van der Waals surface area contributed by atoms with Crippen molar-refractivity contribution in [2.45, 2.75) is 18.9 Å². The molecule has 0 radical (unpaired) electrons. The molecule has 0 aromatic heterocycles. The molecule has 0 heterocycles. The minimum absolute atomic E-state index is 0.306. The van der Waals surface area contributed by atoms with Crippen LogP contribution in [0, 0.1) is 18.2 Å². The van der Waals surface area contributed by atoms with Crippen molar-refractivity contribution in [3.05, 3.63) is 34.6 Å². The number of benzene rings is 1. The summed E-state index contributed by atoms with van der Waals surface area (Å²) < 4.78 is 13.4. The van der Waals surface area contributed by atoms with E-state index in [9.17, 15) is 4.39 Å². The van der Waals surface area contributed by atoms with E-state index in [-0.39, 0.29) is 11.9 Å². The summed E-state index contributed by atoms with van der Waals surface area (Å²) >= 11 is 5.78. The lowest BCUT2D eigenvalue weighted by molar-refractivity contribution is 0.491. The molecular weight excluding hydrogens is 215 g/mol. The van der Waals surface area contributed by atoms with Crippen molar-refractivity contribution in [2.24, 2.45) is 5.84 Å². The minimum atomic E-state index is -0.334. The van der Waals surface area contributed by atoms with E-state index in [4.69, 9.17) is 23.9 Å². The fourth-order valence-corrected chi connectivity index (χ4v) is 1.52. The predicted molar refractivity (Wildman–Crippen MR) is 59.5 cm³/mol. The molecule has 2 nitrogen and oxygen atoms in total. The first-order valence-electron chi connectivity index (χ1n) is 4.53. The van der Waals surface area contributed by atoms with Gasteiger partial charge >= 0.3 is 0 Å². The number of rotatable bonds is 4. The molecule has 3 N–H and O–H groups in total. The van der Waals surface area contributed by atoms with Crippen LogP contribution in [0.1, 0.15) is 24.4 Å². The number of nitrogens with two attached hydrogens (primary N) is 1. The largest absolute Gasteiger partial charge is 0.271 e. The summed E-state index contributed by atoms with van der Waals surface area (Å²) in [5.41, 5.74) is 2.97. The van der Waals surface area contributed by atoms with Crippen molar-refractivity contribution >= 4 is 11.6 Å². The van der Waals surface area contributed by atoms with Gasteiger partial charge in [-0.2, -0.15) is 0 Å². The maximum Gasteiger partial charge on any atom is 0.128 e. The molecule has 0 aliphatic carbocycles. The zero-order valence-electron chi connectivity index (χ0n) is 8.13. The number of nitrogens with one attached hydrogen (secondary N) is 1. The third-order valence-corrected chi connectivity index (χ3v) is 2.35. The Morgan fingerprint density at radius 3 is 2.93 bits per heavy atom. The van der Waals surface area contributed by atoms with Crippen molar-refractivity contribution in [1.82, 2.24) is 5.43 Å². The SMILES string of the molecule is C#CCCC(NN)c1cc(Cl)ccc1F. The van der Waals surface area contributed by atoms with Gasteiger partial charge in [-0.1, -0.05) is 11.6 Å². The van der Waals surface area contributed by atoms with Crippen molar-refractivity contribution < 1.29 is 4.39 Å². The van der Waals surface area contributed by atoms with Gasteiger partial charge in [0.15, 0.2) is 0 Å². The summed E-state index contributed by atoms with van der Waals surface area (Å²) in [5.74, 6) is 7.49. The maximum absolute atomic E-state index is 13.4. The van der Waals surface area contributed by atoms with Crippen LogP contribution in [0.15, 0.2) is 18.2 Å². The highest BCUT2D eigenvalue weighted by Crippen LogP contribution is 2.23. The predicted octanol–water partition coefficient (Wildman–Crippen LogP) is 2.40. The van der Waals surface area contributed by atoms with E-state index < -0.39 is 0 Å². The average molecular weight is 227 g/mol. The molecule has 0 amide bonds. The maximum atomic E-state index is 13.4. The van der Waals surface area contributed by atoms with E-state index in [1.54, 1.807) is 6.07 Å². The fraction of sp³-hybridized carbons (Fsp3) is 0.273. The van der Waals surface area contributed by atoms with E-state index in [2.05, 4.69) is 11.3 Å². The molecule has 1 aromatic carbocycles. The smallest absolute Gasteiger partial charge is 0.128 e. The first kappa shape index (κ1) is 12.0. The highest BCUT2D eigenvalue weighted by molar-refractivity contribution is 6.30. The van der Waals surface area contributed by atoms with Crippen LogP contribution in [0.5, 0.6) is 0 Å². The Kier molecular flexibility index (Phi) is 4.57. The lowest BCUT2D eigenvalue weighted by Gasteiger charge is -2.15. The van der Waals surface area contributed by atoms with E-state index >= 15 is 0 Å². The van der Waals surface area contributed by atoms with Gasteiger partial charge in [0.1, 0.15) is 5.82 Å². The Labute approximate surface area is 93.6 Å². The average Bonchev–Trinajstić information content (AvgIpc) is 2.24. The summed E-state index contributed by atoms with van der Waals surface area (Å²) in [7, 11) is 0. The van der Waals surface area contributed by atoms with Gasteiger partial charge < -0.3 is 0 Å². The first-order valence-corrected chi connectivity index (χ1v) is 4.91. The quantitative estimate of drug-likeness (QED) is 0.470. The molecule has 1 rings (SSSR count). The Bertz CT molecular complexity index is 373. The molecule has 80 valence electrons. The molecule has 0 aliphatic rings. The van der Waals surface area contributed by atoms with Crippen LogP contribution < -0.4 is 11.3 Å². The summed E-state index contributed by atoms with van der Waals surface area (Å²) in [5, 5.41) is 0.479. The Balaban J connectivity index is 2.91. The summed E-state index contributed by atoms with van der Waals surface area (Å²) in [6.45, 7) is 0. The summed E-state index contributed by atoms with van der Waals surface area (Å²) in [4.78, 5) is 0. The van der Waals surface area contributed by atoms with Crippen LogP contribution in [0.25, 0.3) is 0 Å². The minimum Gasteiger partial charge on any atom is -0.271 e. The van der Waals surface area contributed by atoms with Crippen LogP contribution in [0.3, 0.4) is 0 Å². The van der Waals surface area contributed by atoms with Crippen LogP contribution >= 0.6 is 11.6 Å². The van der Waals surface area contributed by atoms with Crippen molar-refractivity contribution in [1.29, 1.82) is 0 Å². The van der Waals surface area contributed by atoms with Crippen molar-refractivity contribution in [3.8, 4) is 12.3 Å². The highest BCUT2D eigenvalue weighted by atomic mass is 35.5. The molecule has 0 bridgehead atoms. The van der Waals surface area contributed by atoms with Crippen LogP contribution in [-0.2, 0) is 0 Å². The second-order valence-electron chi connectivity index (χ2n) is 3.13. The molecule has 0 spiro atoms. The highest BCUT2D eigenvalue weighted by Gasteiger charge is 2.13. The van der Waals surface area contributed by atoms with Crippen molar-refractivity contribution in [3.63, 3.8) is 0 Å². The van der Waals surface area contributed by atoms with Crippen LogP contribution in [-0.4, -0.2) is 0 Å².